The molecule has 6 heteroatoms. The van der Waals surface area contributed by atoms with E-state index in [9.17, 15) is 14.0 Å². The Labute approximate surface area is 125 Å². The summed E-state index contributed by atoms with van der Waals surface area (Å²) in [6.07, 6.45) is 3.14. The normalized spacial score (nSPS) is 13.9. The number of halogens is 2. The van der Waals surface area contributed by atoms with Crippen molar-refractivity contribution in [3.8, 4) is 0 Å². The van der Waals surface area contributed by atoms with E-state index in [1.807, 2.05) is 0 Å². The number of hydrogen-bond acceptors (Lipinski definition) is 2. The van der Waals surface area contributed by atoms with Gasteiger partial charge < -0.3 is 10.6 Å². The minimum atomic E-state index is -0.404. The molecule has 0 aliphatic heterocycles. The van der Waals surface area contributed by atoms with Crippen molar-refractivity contribution in [1.82, 2.24) is 10.6 Å². The molecule has 0 heterocycles. The van der Waals surface area contributed by atoms with Gasteiger partial charge in [-0.25, -0.2) is 4.39 Å². The lowest BCUT2D eigenvalue weighted by Gasteiger charge is -2.06. The molecule has 1 fully saturated rings. The maximum atomic E-state index is 13.0. The number of hydrogen-bond donors (Lipinski definition) is 2. The molecule has 1 aromatic rings. The summed E-state index contributed by atoms with van der Waals surface area (Å²) in [5, 5.41) is 5.60. The smallest absolute Gasteiger partial charge is 0.251 e. The lowest BCUT2D eigenvalue weighted by atomic mass is 10.2. The highest BCUT2D eigenvalue weighted by atomic mass is 79.9. The molecule has 0 atom stereocenters. The largest absolute Gasteiger partial charge is 0.353 e. The minimum absolute atomic E-state index is 0.0336. The Morgan fingerprint density at radius 3 is 2.75 bits per heavy atom. The van der Waals surface area contributed by atoms with Gasteiger partial charge in [-0.1, -0.05) is 0 Å². The molecule has 0 unspecified atom stereocenters. The maximum absolute atomic E-state index is 13.0. The molecule has 2 amide bonds. The fourth-order valence-corrected chi connectivity index (χ4v) is 2.10. The van der Waals surface area contributed by atoms with Crippen LogP contribution in [0, 0.1) is 5.82 Å². The monoisotopic (exact) mass is 342 g/mol. The van der Waals surface area contributed by atoms with Crippen molar-refractivity contribution >= 4 is 27.7 Å². The zero-order valence-electron chi connectivity index (χ0n) is 10.9. The van der Waals surface area contributed by atoms with Gasteiger partial charge in [0, 0.05) is 24.6 Å². The summed E-state index contributed by atoms with van der Waals surface area (Å²) < 4.78 is 13.3. The Hall–Kier alpha value is -1.43. The molecule has 0 aromatic heterocycles. The van der Waals surface area contributed by atoms with Gasteiger partial charge in [0.25, 0.3) is 5.91 Å². The van der Waals surface area contributed by atoms with Gasteiger partial charge in [0.15, 0.2) is 0 Å². The van der Waals surface area contributed by atoms with E-state index in [4.69, 9.17) is 0 Å². The van der Waals surface area contributed by atoms with Gasteiger partial charge in [0.05, 0.1) is 4.47 Å². The number of benzene rings is 1. The van der Waals surface area contributed by atoms with Crippen LogP contribution in [-0.2, 0) is 4.79 Å². The Balaban J connectivity index is 1.68. The second-order valence-corrected chi connectivity index (χ2v) is 5.68. The molecule has 20 heavy (non-hydrogen) atoms. The van der Waals surface area contributed by atoms with Crippen molar-refractivity contribution < 1.29 is 14.0 Å². The highest BCUT2D eigenvalue weighted by Gasteiger charge is 2.22. The minimum Gasteiger partial charge on any atom is -0.353 e. The van der Waals surface area contributed by atoms with Crippen molar-refractivity contribution in [3.63, 3.8) is 0 Å². The molecule has 1 saturated carbocycles. The fourth-order valence-electron chi connectivity index (χ4n) is 1.72. The molecule has 0 bridgehead atoms. The molecule has 2 N–H and O–H groups in total. The van der Waals surface area contributed by atoms with Crippen LogP contribution in [0.15, 0.2) is 22.7 Å². The van der Waals surface area contributed by atoms with E-state index in [-0.39, 0.29) is 16.3 Å². The zero-order valence-corrected chi connectivity index (χ0v) is 12.5. The van der Waals surface area contributed by atoms with Crippen LogP contribution in [0.5, 0.6) is 0 Å². The number of carbonyl (C=O) groups excluding carboxylic acids is 2. The molecule has 2 rings (SSSR count). The summed E-state index contributed by atoms with van der Waals surface area (Å²) in [6, 6.07) is 4.47. The van der Waals surface area contributed by atoms with E-state index >= 15 is 0 Å². The van der Waals surface area contributed by atoms with Gasteiger partial charge in [0.2, 0.25) is 5.91 Å². The van der Waals surface area contributed by atoms with Crippen LogP contribution in [0.2, 0.25) is 0 Å². The quantitative estimate of drug-likeness (QED) is 0.780. The zero-order chi connectivity index (χ0) is 14.5. The average molecular weight is 343 g/mol. The lowest BCUT2D eigenvalue weighted by molar-refractivity contribution is -0.121. The molecule has 0 spiro atoms. The van der Waals surface area contributed by atoms with E-state index in [2.05, 4.69) is 26.6 Å². The maximum Gasteiger partial charge on any atom is 0.251 e. The third-order valence-electron chi connectivity index (χ3n) is 2.99. The Kier molecular flexibility index (Phi) is 5.11. The Morgan fingerprint density at radius 2 is 2.10 bits per heavy atom. The average Bonchev–Trinajstić information content (AvgIpc) is 3.21. The van der Waals surface area contributed by atoms with Crippen molar-refractivity contribution in [1.29, 1.82) is 0 Å². The van der Waals surface area contributed by atoms with Crippen LogP contribution >= 0.6 is 15.9 Å². The topological polar surface area (TPSA) is 58.2 Å². The van der Waals surface area contributed by atoms with Crippen LogP contribution in [-0.4, -0.2) is 24.4 Å². The van der Waals surface area contributed by atoms with E-state index < -0.39 is 5.82 Å². The van der Waals surface area contributed by atoms with Gasteiger partial charge >= 0.3 is 0 Å². The predicted molar refractivity (Wildman–Crippen MR) is 76.8 cm³/mol. The first-order valence-electron chi connectivity index (χ1n) is 6.59. The molecule has 1 aromatic carbocycles. The third kappa shape index (κ3) is 4.59. The summed E-state index contributed by atoms with van der Waals surface area (Å²) in [6.45, 7) is 0.423. The summed E-state index contributed by atoms with van der Waals surface area (Å²) in [5.74, 6) is -0.641. The highest BCUT2D eigenvalue weighted by Crippen LogP contribution is 2.18. The fraction of sp³-hybridized carbons (Fsp3) is 0.429. The summed E-state index contributed by atoms with van der Waals surface area (Å²) >= 11 is 3.04. The molecule has 108 valence electrons. The molecule has 1 aliphatic carbocycles. The standard InChI is InChI=1S/C14H16BrFN2O2/c15-11-8-9(3-6-12(11)16)14(20)17-7-1-2-13(19)18-10-4-5-10/h3,6,8,10H,1-2,4-5,7H2,(H,17,20)(H,18,19). The lowest BCUT2D eigenvalue weighted by Crippen LogP contribution is -2.28. The van der Waals surface area contributed by atoms with Gasteiger partial charge in [-0.3, -0.25) is 9.59 Å². The second-order valence-electron chi connectivity index (χ2n) is 4.83. The van der Waals surface area contributed by atoms with Gasteiger partial charge in [-0.2, -0.15) is 0 Å². The Bertz CT molecular complexity index is 518. The summed E-state index contributed by atoms with van der Waals surface area (Å²) in [7, 11) is 0. The van der Waals surface area contributed by atoms with Crippen molar-refractivity contribution in [2.45, 2.75) is 31.7 Å². The van der Waals surface area contributed by atoms with Crippen LogP contribution in [0.4, 0.5) is 4.39 Å². The van der Waals surface area contributed by atoms with E-state index in [1.165, 1.54) is 18.2 Å². The molecular weight excluding hydrogens is 327 g/mol. The van der Waals surface area contributed by atoms with Crippen LogP contribution < -0.4 is 10.6 Å². The number of amides is 2. The molecular formula is C14H16BrFN2O2. The van der Waals surface area contributed by atoms with Crippen LogP contribution in [0.3, 0.4) is 0 Å². The van der Waals surface area contributed by atoms with Gasteiger partial charge in [-0.05, 0) is 53.4 Å². The third-order valence-corrected chi connectivity index (χ3v) is 3.60. The number of rotatable bonds is 6. The van der Waals surface area contributed by atoms with Gasteiger partial charge in [-0.15, -0.1) is 0 Å². The SMILES string of the molecule is O=C(CCCNC(=O)c1ccc(F)c(Br)c1)NC1CC1. The van der Waals surface area contributed by atoms with Crippen molar-refractivity contribution in [2.24, 2.45) is 0 Å². The van der Waals surface area contributed by atoms with E-state index in [0.29, 0.717) is 31.0 Å². The van der Waals surface area contributed by atoms with Crippen LogP contribution in [0.25, 0.3) is 0 Å². The number of carbonyl (C=O) groups is 2. The van der Waals surface area contributed by atoms with Crippen molar-refractivity contribution in [2.75, 3.05) is 6.54 Å². The van der Waals surface area contributed by atoms with Gasteiger partial charge in [0.1, 0.15) is 5.82 Å². The molecule has 0 saturated heterocycles. The first-order valence-corrected chi connectivity index (χ1v) is 7.38. The first kappa shape index (κ1) is 15.0. The summed E-state index contributed by atoms with van der Waals surface area (Å²) in [5.41, 5.74) is 0.390. The van der Waals surface area contributed by atoms with Crippen molar-refractivity contribution in [3.05, 3.63) is 34.1 Å². The Morgan fingerprint density at radius 1 is 1.35 bits per heavy atom. The first-order chi connectivity index (χ1) is 9.56. The molecule has 4 nitrogen and oxygen atoms in total. The molecule has 1 aliphatic rings. The summed E-state index contributed by atoms with van der Waals surface area (Å²) in [4.78, 5) is 23.2. The molecule has 0 radical (unpaired) electrons. The van der Waals surface area contributed by atoms with E-state index in [1.54, 1.807) is 0 Å². The van der Waals surface area contributed by atoms with E-state index in [0.717, 1.165) is 12.8 Å². The second kappa shape index (κ2) is 6.83. The predicted octanol–water partition coefficient (Wildman–Crippen LogP) is 2.38. The highest BCUT2D eigenvalue weighted by molar-refractivity contribution is 9.10. The van der Waals surface area contributed by atoms with Crippen LogP contribution in [0.1, 0.15) is 36.0 Å². The number of nitrogens with one attached hydrogen (secondary N) is 2.